The van der Waals surface area contributed by atoms with Crippen molar-refractivity contribution in [2.75, 3.05) is 32.6 Å². The first-order valence-electron chi connectivity index (χ1n) is 6.43. The first-order valence-corrected chi connectivity index (χ1v) is 6.81. The molecule has 0 aromatic carbocycles. The van der Waals surface area contributed by atoms with Gasteiger partial charge in [-0.25, -0.2) is 4.98 Å². The van der Waals surface area contributed by atoms with Gasteiger partial charge in [0.15, 0.2) is 0 Å². The van der Waals surface area contributed by atoms with Crippen LogP contribution in [0.15, 0.2) is 12.3 Å². The quantitative estimate of drug-likeness (QED) is 0.849. The summed E-state index contributed by atoms with van der Waals surface area (Å²) in [5.41, 5.74) is 0.689. The van der Waals surface area contributed by atoms with Crippen LogP contribution in [0.25, 0.3) is 0 Å². The summed E-state index contributed by atoms with van der Waals surface area (Å²) in [5, 5.41) is 9.46. The van der Waals surface area contributed by atoms with Crippen molar-refractivity contribution in [1.82, 2.24) is 9.88 Å². The third-order valence-corrected chi connectivity index (χ3v) is 4.49. The van der Waals surface area contributed by atoms with Gasteiger partial charge in [0.05, 0.1) is 5.56 Å². The van der Waals surface area contributed by atoms with Crippen molar-refractivity contribution in [1.29, 1.82) is 5.26 Å². The molecule has 0 bridgehead atoms. The topological polar surface area (TPSA) is 43.2 Å². The minimum absolute atomic E-state index is 0.211. The highest BCUT2D eigenvalue weighted by Gasteiger charge is 2.40. The first kappa shape index (κ1) is 14.1. The average molecular weight is 279 g/mol. The van der Waals surface area contributed by atoms with Crippen LogP contribution in [-0.4, -0.2) is 43.1 Å². The number of rotatable bonds is 4. The Morgan fingerprint density at radius 2 is 2.11 bits per heavy atom. The molecule has 5 heteroatoms. The Labute approximate surface area is 119 Å². The van der Waals surface area contributed by atoms with Gasteiger partial charge >= 0.3 is 0 Å². The summed E-state index contributed by atoms with van der Waals surface area (Å²) in [5.74, 6) is 0.689. The summed E-state index contributed by atoms with van der Waals surface area (Å²) in [7, 11) is 6.22. The molecular weight excluding hydrogens is 260 g/mol. The monoisotopic (exact) mass is 278 g/mol. The molecule has 1 saturated carbocycles. The van der Waals surface area contributed by atoms with E-state index in [1.165, 1.54) is 19.3 Å². The smallest absolute Gasteiger partial charge is 0.148 e. The molecule has 1 fully saturated rings. The van der Waals surface area contributed by atoms with E-state index in [2.05, 4.69) is 34.9 Å². The Morgan fingerprint density at radius 1 is 1.42 bits per heavy atom. The summed E-state index contributed by atoms with van der Waals surface area (Å²) in [6.07, 6.45) is 5.30. The number of aromatic nitrogens is 1. The maximum absolute atomic E-state index is 9.01. The van der Waals surface area contributed by atoms with Gasteiger partial charge in [-0.05, 0) is 39.4 Å². The summed E-state index contributed by atoms with van der Waals surface area (Å²) in [6.45, 7) is 0.877. The molecule has 1 aliphatic carbocycles. The van der Waals surface area contributed by atoms with Crippen molar-refractivity contribution in [2.24, 2.45) is 0 Å². The summed E-state index contributed by atoms with van der Waals surface area (Å²) in [6, 6.07) is 3.74. The minimum Gasteiger partial charge on any atom is -0.357 e. The fourth-order valence-corrected chi connectivity index (χ4v) is 2.93. The lowest BCUT2D eigenvalue weighted by molar-refractivity contribution is 0.0682. The highest BCUT2D eigenvalue weighted by molar-refractivity contribution is 6.34. The Balaban J connectivity index is 2.21. The van der Waals surface area contributed by atoms with E-state index in [0.29, 0.717) is 16.4 Å². The van der Waals surface area contributed by atoms with Gasteiger partial charge in [-0.2, -0.15) is 5.26 Å². The van der Waals surface area contributed by atoms with Crippen molar-refractivity contribution in [2.45, 2.75) is 24.8 Å². The van der Waals surface area contributed by atoms with Gasteiger partial charge in [0.25, 0.3) is 0 Å². The minimum atomic E-state index is 0.211. The van der Waals surface area contributed by atoms with Gasteiger partial charge in [-0.1, -0.05) is 11.6 Å². The SMILES string of the molecule is CN(CC1(N(C)C)CCC1)c1nccc(C#N)c1Cl. The molecule has 1 heterocycles. The highest BCUT2D eigenvalue weighted by atomic mass is 35.5. The van der Waals surface area contributed by atoms with Crippen LogP contribution in [0, 0.1) is 11.3 Å². The van der Waals surface area contributed by atoms with Crippen molar-refractivity contribution in [3.05, 3.63) is 22.8 Å². The molecule has 1 aromatic heterocycles. The van der Waals surface area contributed by atoms with E-state index >= 15 is 0 Å². The third kappa shape index (κ3) is 2.54. The molecule has 0 unspecified atom stereocenters. The van der Waals surface area contributed by atoms with Gasteiger partial charge in [0.1, 0.15) is 16.9 Å². The molecule has 2 rings (SSSR count). The lowest BCUT2D eigenvalue weighted by Crippen LogP contribution is -2.56. The van der Waals surface area contributed by atoms with E-state index in [9.17, 15) is 0 Å². The Hall–Kier alpha value is -1.31. The number of hydrogen-bond donors (Lipinski definition) is 0. The number of nitrogens with zero attached hydrogens (tertiary/aromatic N) is 4. The van der Waals surface area contributed by atoms with Crippen LogP contribution in [0.4, 0.5) is 5.82 Å². The third-order valence-electron chi connectivity index (χ3n) is 4.12. The van der Waals surface area contributed by atoms with Crippen LogP contribution in [0.3, 0.4) is 0 Å². The second kappa shape index (κ2) is 5.36. The molecule has 0 saturated heterocycles. The Kier molecular flexibility index (Phi) is 3.98. The van der Waals surface area contributed by atoms with Crippen LogP contribution in [0.5, 0.6) is 0 Å². The molecule has 0 amide bonds. The number of nitriles is 1. The maximum Gasteiger partial charge on any atom is 0.148 e. The standard InChI is InChI=1S/C14H19ClN4/c1-18(2)14(6-4-7-14)10-19(3)13-12(15)11(9-16)5-8-17-13/h5,8H,4,6-7,10H2,1-3H3. The van der Waals surface area contributed by atoms with E-state index in [1.807, 2.05) is 7.05 Å². The molecule has 0 spiro atoms. The molecule has 19 heavy (non-hydrogen) atoms. The molecule has 0 radical (unpaired) electrons. The van der Waals surface area contributed by atoms with Crippen molar-refractivity contribution < 1.29 is 0 Å². The van der Waals surface area contributed by atoms with Crippen LogP contribution in [-0.2, 0) is 0 Å². The molecule has 1 aromatic rings. The van der Waals surface area contributed by atoms with Gasteiger partial charge in [-0.15, -0.1) is 0 Å². The van der Waals surface area contributed by atoms with Crippen molar-refractivity contribution in [3.63, 3.8) is 0 Å². The fraction of sp³-hybridized carbons (Fsp3) is 0.571. The predicted molar refractivity (Wildman–Crippen MR) is 77.5 cm³/mol. The average Bonchev–Trinajstić information content (AvgIpc) is 2.33. The number of hydrogen-bond acceptors (Lipinski definition) is 4. The summed E-state index contributed by atoms with van der Waals surface area (Å²) >= 11 is 6.23. The van der Waals surface area contributed by atoms with E-state index in [1.54, 1.807) is 12.3 Å². The number of anilines is 1. The zero-order valence-corrected chi connectivity index (χ0v) is 12.4. The summed E-state index contributed by atoms with van der Waals surface area (Å²) < 4.78 is 0. The van der Waals surface area contributed by atoms with Gasteiger partial charge < -0.3 is 9.80 Å². The van der Waals surface area contributed by atoms with Crippen LogP contribution < -0.4 is 4.90 Å². The van der Waals surface area contributed by atoms with Gasteiger partial charge in [0, 0.05) is 25.3 Å². The van der Waals surface area contributed by atoms with E-state index in [-0.39, 0.29) is 5.54 Å². The van der Waals surface area contributed by atoms with Crippen LogP contribution >= 0.6 is 11.6 Å². The number of likely N-dealkylation sites (N-methyl/N-ethyl adjacent to an activating group) is 2. The number of pyridine rings is 1. The van der Waals surface area contributed by atoms with E-state index in [0.717, 1.165) is 6.54 Å². The molecule has 0 atom stereocenters. The zero-order chi connectivity index (χ0) is 14.0. The zero-order valence-electron chi connectivity index (χ0n) is 11.6. The highest BCUT2D eigenvalue weighted by Crippen LogP contribution is 2.38. The van der Waals surface area contributed by atoms with Gasteiger partial charge in [-0.3, -0.25) is 0 Å². The van der Waals surface area contributed by atoms with E-state index < -0.39 is 0 Å². The van der Waals surface area contributed by atoms with Gasteiger partial charge in [0.2, 0.25) is 0 Å². The van der Waals surface area contributed by atoms with Crippen molar-refractivity contribution >= 4 is 17.4 Å². The summed E-state index contributed by atoms with van der Waals surface area (Å²) in [4.78, 5) is 8.66. The largest absolute Gasteiger partial charge is 0.357 e. The molecule has 0 aliphatic heterocycles. The number of halogens is 1. The Bertz CT molecular complexity index is 503. The molecular formula is C14H19ClN4. The molecule has 0 N–H and O–H groups in total. The lowest BCUT2D eigenvalue weighted by Gasteiger charge is -2.49. The van der Waals surface area contributed by atoms with Crippen LogP contribution in [0.2, 0.25) is 5.02 Å². The second-order valence-electron chi connectivity index (χ2n) is 5.44. The van der Waals surface area contributed by atoms with E-state index in [4.69, 9.17) is 16.9 Å². The molecule has 102 valence electrons. The van der Waals surface area contributed by atoms with Crippen molar-refractivity contribution in [3.8, 4) is 6.07 Å². The predicted octanol–water partition coefficient (Wildman–Crippen LogP) is 2.53. The Morgan fingerprint density at radius 3 is 2.58 bits per heavy atom. The normalized spacial score (nSPS) is 16.8. The molecule has 1 aliphatic rings. The lowest BCUT2D eigenvalue weighted by atomic mass is 9.75. The second-order valence-corrected chi connectivity index (χ2v) is 5.81. The first-order chi connectivity index (χ1) is 9.00. The molecule has 4 nitrogen and oxygen atoms in total. The van der Waals surface area contributed by atoms with Crippen LogP contribution in [0.1, 0.15) is 24.8 Å². The maximum atomic E-state index is 9.01. The fourth-order valence-electron chi connectivity index (χ4n) is 2.63.